The molecule has 0 aromatic heterocycles. The van der Waals surface area contributed by atoms with E-state index in [0.717, 1.165) is 6.42 Å². The van der Waals surface area contributed by atoms with Gasteiger partial charge in [-0.2, -0.15) is 0 Å². The number of hydrogen-bond donors (Lipinski definition) is 1. The molecule has 0 radical (unpaired) electrons. The Morgan fingerprint density at radius 3 is 2.59 bits per heavy atom. The maximum atomic E-state index is 3.17. The van der Waals surface area contributed by atoms with Gasteiger partial charge in [0.1, 0.15) is 0 Å². The number of rotatable bonds is 6. The summed E-state index contributed by atoms with van der Waals surface area (Å²) in [4.78, 5) is 0. The molecular formula is C21H29N. The maximum Gasteiger partial charge on any atom is 0.0337 e. The van der Waals surface area contributed by atoms with Crippen LogP contribution in [0.2, 0.25) is 0 Å². The minimum absolute atomic E-state index is 0.682. The molecule has 1 atom stereocenters. The summed E-state index contributed by atoms with van der Waals surface area (Å²) < 4.78 is 0. The molecule has 0 aliphatic heterocycles. The van der Waals surface area contributed by atoms with E-state index in [1.165, 1.54) is 41.7 Å². The Morgan fingerprint density at radius 2 is 1.95 bits per heavy atom. The van der Waals surface area contributed by atoms with Crippen LogP contribution in [-0.2, 0) is 6.42 Å². The van der Waals surface area contributed by atoms with Crippen LogP contribution in [-0.4, -0.2) is 7.05 Å². The second-order valence-corrected chi connectivity index (χ2v) is 6.25. The average Bonchev–Trinajstić information content (AvgIpc) is 2.56. The van der Waals surface area contributed by atoms with Gasteiger partial charge in [-0.3, -0.25) is 0 Å². The molecule has 1 aliphatic carbocycles. The molecule has 118 valence electrons. The number of nitrogens with one attached hydrogen (secondary N) is 1. The fourth-order valence-corrected chi connectivity index (χ4v) is 3.15. The van der Waals surface area contributed by atoms with E-state index in [-0.39, 0.29) is 0 Å². The van der Waals surface area contributed by atoms with E-state index in [0.29, 0.717) is 5.92 Å². The molecule has 0 bridgehead atoms. The molecule has 1 N–H and O–H groups in total. The van der Waals surface area contributed by atoms with Gasteiger partial charge in [0.25, 0.3) is 0 Å². The van der Waals surface area contributed by atoms with Crippen molar-refractivity contribution in [3.05, 3.63) is 64.8 Å². The zero-order valence-corrected chi connectivity index (χ0v) is 14.4. The SMILES string of the molecule is C/C=C(\C)C1=C(CCCc2ccc(NC)cc2)C(C)CC=C1. The summed E-state index contributed by atoms with van der Waals surface area (Å²) in [7, 11) is 1.96. The number of aryl methyl sites for hydroxylation is 1. The van der Waals surface area contributed by atoms with Crippen molar-refractivity contribution in [2.24, 2.45) is 5.92 Å². The first-order chi connectivity index (χ1) is 10.7. The molecule has 0 heterocycles. The molecule has 0 saturated heterocycles. The van der Waals surface area contributed by atoms with Gasteiger partial charge in [-0.25, -0.2) is 0 Å². The topological polar surface area (TPSA) is 12.0 Å². The van der Waals surface area contributed by atoms with Gasteiger partial charge in [-0.1, -0.05) is 42.9 Å². The minimum Gasteiger partial charge on any atom is -0.388 e. The van der Waals surface area contributed by atoms with Crippen molar-refractivity contribution in [2.75, 3.05) is 12.4 Å². The van der Waals surface area contributed by atoms with Gasteiger partial charge in [-0.05, 0) is 74.3 Å². The Labute approximate surface area is 135 Å². The van der Waals surface area contributed by atoms with Gasteiger partial charge in [0.2, 0.25) is 0 Å². The predicted molar refractivity (Wildman–Crippen MR) is 98.3 cm³/mol. The second kappa shape index (κ2) is 8.03. The van der Waals surface area contributed by atoms with Gasteiger partial charge in [0.15, 0.2) is 0 Å². The number of hydrogen-bond acceptors (Lipinski definition) is 1. The minimum atomic E-state index is 0.682. The van der Waals surface area contributed by atoms with Crippen molar-refractivity contribution in [3.63, 3.8) is 0 Å². The largest absolute Gasteiger partial charge is 0.388 e. The summed E-state index contributed by atoms with van der Waals surface area (Å²) >= 11 is 0. The fraction of sp³-hybridized carbons (Fsp3) is 0.429. The lowest BCUT2D eigenvalue weighted by molar-refractivity contribution is 0.622. The maximum absolute atomic E-state index is 3.17. The highest BCUT2D eigenvalue weighted by Gasteiger charge is 2.16. The summed E-state index contributed by atoms with van der Waals surface area (Å²) in [5.41, 5.74) is 7.15. The van der Waals surface area contributed by atoms with Crippen molar-refractivity contribution >= 4 is 5.69 Å². The molecule has 0 amide bonds. The van der Waals surface area contributed by atoms with Crippen molar-refractivity contribution < 1.29 is 0 Å². The molecule has 1 aromatic carbocycles. The van der Waals surface area contributed by atoms with Crippen LogP contribution in [0.15, 0.2) is 59.2 Å². The molecule has 0 fully saturated rings. The first-order valence-corrected chi connectivity index (χ1v) is 8.45. The molecule has 1 nitrogen and oxygen atoms in total. The lowest BCUT2D eigenvalue weighted by Gasteiger charge is -2.23. The Kier molecular flexibility index (Phi) is 6.06. The van der Waals surface area contributed by atoms with E-state index < -0.39 is 0 Å². The highest BCUT2D eigenvalue weighted by atomic mass is 14.8. The summed E-state index contributed by atoms with van der Waals surface area (Å²) in [6.07, 6.45) is 11.7. The first-order valence-electron chi connectivity index (χ1n) is 8.45. The van der Waals surface area contributed by atoms with Crippen LogP contribution in [0.5, 0.6) is 0 Å². The van der Waals surface area contributed by atoms with Crippen LogP contribution in [0.25, 0.3) is 0 Å². The summed E-state index contributed by atoms with van der Waals surface area (Å²) in [5, 5.41) is 3.17. The van der Waals surface area contributed by atoms with Crippen molar-refractivity contribution in [3.8, 4) is 0 Å². The standard InChI is InChI=1S/C21H29N/c1-5-16(2)20-10-6-8-17(3)21(20)11-7-9-18-12-14-19(22-4)15-13-18/h5-6,10,12-15,17,22H,7-9,11H2,1-4H3/b16-5+. The molecule has 1 aliphatic rings. The smallest absolute Gasteiger partial charge is 0.0337 e. The monoisotopic (exact) mass is 295 g/mol. The molecule has 1 unspecified atom stereocenters. The van der Waals surface area contributed by atoms with Gasteiger partial charge >= 0.3 is 0 Å². The molecule has 2 rings (SSSR count). The van der Waals surface area contributed by atoms with Crippen molar-refractivity contribution in [2.45, 2.75) is 46.5 Å². The highest BCUT2D eigenvalue weighted by Crippen LogP contribution is 2.32. The average molecular weight is 295 g/mol. The van der Waals surface area contributed by atoms with Gasteiger partial charge in [0, 0.05) is 12.7 Å². The Hall–Kier alpha value is -1.76. The van der Waals surface area contributed by atoms with Crippen LogP contribution in [0.3, 0.4) is 0 Å². The fourth-order valence-electron chi connectivity index (χ4n) is 3.15. The Balaban J connectivity index is 2.01. The van der Waals surface area contributed by atoms with Crippen LogP contribution in [0.4, 0.5) is 5.69 Å². The lowest BCUT2D eigenvalue weighted by Crippen LogP contribution is -2.07. The van der Waals surface area contributed by atoms with Gasteiger partial charge in [0.05, 0.1) is 0 Å². The van der Waals surface area contributed by atoms with E-state index in [2.05, 4.69) is 68.6 Å². The third-order valence-corrected chi connectivity index (χ3v) is 4.73. The summed E-state index contributed by atoms with van der Waals surface area (Å²) in [6.45, 7) is 6.73. The molecule has 1 aromatic rings. The van der Waals surface area contributed by atoms with E-state index in [1.54, 1.807) is 5.57 Å². The first kappa shape index (κ1) is 16.6. The second-order valence-electron chi connectivity index (χ2n) is 6.25. The molecule has 0 saturated carbocycles. The van der Waals surface area contributed by atoms with Gasteiger partial charge < -0.3 is 5.32 Å². The predicted octanol–water partition coefficient (Wildman–Crippen LogP) is 5.91. The van der Waals surface area contributed by atoms with E-state index in [9.17, 15) is 0 Å². The van der Waals surface area contributed by atoms with Gasteiger partial charge in [-0.15, -0.1) is 0 Å². The van der Waals surface area contributed by atoms with E-state index in [4.69, 9.17) is 0 Å². The van der Waals surface area contributed by atoms with Crippen molar-refractivity contribution in [1.29, 1.82) is 0 Å². The number of allylic oxidation sites excluding steroid dienone is 6. The quantitative estimate of drug-likeness (QED) is 0.688. The van der Waals surface area contributed by atoms with E-state index in [1.807, 2.05) is 7.05 Å². The Morgan fingerprint density at radius 1 is 1.23 bits per heavy atom. The molecule has 0 spiro atoms. The van der Waals surface area contributed by atoms with Crippen LogP contribution in [0, 0.1) is 5.92 Å². The molecule has 1 heteroatoms. The number of benzene rings is 1. The lowest BCUT2D eigenvalue weighted by atomic mass is 9.82. The molecular weight excluding hydrogens is 266 g/mol. The van der Waals surface area contributed by atoms with Crippen molar-refractivity contribution in [1.82, 2.24) is 0 Å². The third-order valence-electron chi connectivity index (χ3n) is 4.73. The zero-order valence-electron chi connectivity index (χ0n) is 14.4. The van der Waals surface area contributed by atoms with Crippen LogP contribution < -0.4 is 5.32 Å². The normalized spacial score (nSPS) is 18.7. The molecule has 22 heavy (non-hydrogen) atoms. The summed E-state index contributed by atoms with van der Waals surface area (Å²) in [6, 6.07) is 8.80. The number of anilines is 1. The third kappa shape index (κ3) is 4.13. The zero-order chi connectivity index (χ0) is 15.9. The van der Waals surface area contributed by atoms with Crippen LogP contribution >= 0.6 is 0 Å². The van der Waals surface area contributed by atoms with E-state index >= 15 is 0 Å². The Bertz CT molecular complexity index is 572. The summed E-state index contributed by atoms with van der Waals surface area (Å²) in [5.74, 6) is 0.682. The van der Waals surface area contributed by atoms with Crippen LogP contribution in [0.1, 0.15) is 45.6 Å². The highest BCUT2D eigenvalue weighted by molar-refractivity contribution is 5.45.